The highest BCUT2D eigenvalue weighted by atomic mass is 32.2. The number of fused-ring (bicyclic) bond motifs is 1. The number of nitrogens with one attached hydrogen (secondary N) is 1. The molecule has 0 atom stereocenters. The number of benzene rings is 2. The summed E-state index contributed by atoms with van der Waals surface area (Å²) in [5, 5.41) is 4.09. The summed E-state index contributed by atoms with van der Waals surface area (Å²) in [5.74, 6) is -0.353. The predicted octanol–water partition coefficient (Wildman–Crippen LogP) is 2.35. The van der Waals surface area contributed by atoms with Crippen LogP contribution in [0, 0.1) is 0 Å². The number of ketones is 1. The summed E-state index contributed by atoms with van der Waals surface area (Å²) in [6.07, 6.45) is 2.94. The first kappa shape index (κ1) is 15.1. The molecule has 0 bridgehead atoms. The van der Waals surface area contributed by atoms with E-state index in [4.69, 9.17) is 4.55 Å². The molecule has 0 unspecified atom stereocenters. The summed E-state index contributed by atoms with van der Waals surface area (Å²) in [6.45, 7) is 0. The molecular weight excluding hydrogens is 316 g/mol. The summed E-state index contributed by atoms with van der Waals surface area (Å²) in [4.78, 5) is 11.8. The zero-order valence-corrected chi connectivity index (χ0v) is 12.6. The lowest BCUT2D eigenvalue weighted by Gasteiger charge is -2.13. The Balaban J connectivity index is 2.05. The molecule has 1 aliphatic carbocycles. The van der Waals surface area contributed by atoms with Gasteiger partial charge >= 0.3 is 0 Å². The molecule has 2 N–H and O–H groups in total. The van der Waals surface area contributed by atoms with Crippen LogP contribution >= 0.6 is 0 Å². The molecule has 1 aliphatic rings. The van der Waals surface area contributed by atoms with Crippen molar-refractivity contribution in [3.8, 4) is 0 Å². The van der Waals surface area contributed by atoms with Crippen LogP contribution in [0.15, 0.2) is 64.6 Å². The number of hydrogen-bond donors (Lipinski definition) is 2. The van der Waals surface area contributed by atoms with Crippen molar-refractivity contribution in [1.29, 1.82) is 0 Å². The van der Waals surface area contributed by atoms with E-state index < -0.39 is 10.1 Å². The van der Waals surface area contributed by atoms with Crippen molar-refractivity contribution >= 4 is 33.4 Å². The Hall–Kier alpha value is -2.77. The topological polar surface area (TPSA) is 95.8 Å². The van der Waals surface area contributed by atoms with Crippen LogP contribution in [-0.2, 0) is 14.9 Å². The lowest BCUT2D eigenvalue weighted by atomic mass is 9.95. The number of anilines is 1. The molecule has 0 aliphatic heterocycles. The van der Waals surface area contributed by atoms with Gasteiger partial charge in [-0.25, -0.2) is 0 Å². The van der Waals surface area contributed by atoms with Gasteiger partial charge < -0.3 is 0 Å². The summed E-state index contributed by atoms with van der Waals surface area (Å²) in [6, 6.07) is 13.1. The first-order valence-corrected chi connectivity index (χ1v) is 8.12. The largest absolute Gasteiger partial charge is 0.294 e. The number of hydrogen-bond acceptors (Lipinski definition) is 5. The average Bonchev–Trinajstić information content (AvgIpc) is 2.53. The van der Waals surface area contributed by atoms with Crippen LogP contribution in [0.3, 0.4) is 0 Å². The molecule has 0 saturated carbocycles. The Morgan fingerprint density at radius 2 is 1.74 bits per heavy atom. The van der Waals surface area contributed by atoms with E-state index in [9.17, 15) is 13.2 Å². The fourth-order valence-corrected chi connectivity index (χ4v) is 2.68. The van der Waals surface area contributed by atoms with Crippen molar-refractivity contribution in [1.82, 2.24) is 0 Å². The summed E-state index contributed by atoms with van der Waals surface area (Å²) >= 11 is 0. The molecule has 0 amide bonds. The lowest BCUT2D eigenvalue weighted by molar-refractivity contribution is -0.108. The van der Waals surface area contributed by atoms with Gasteiger partial charge in [0.05, 0.1) is 10.6 Å². The van der Waals surface area contributed by atoms with Crippen molar-refractivity contribution in [2.75, 3.05) is 5.43 Å². The van der Waals surface area contributed by atoms with Crippen LogP contribution in [0.1, 0.15) is 11.1 Å². The highest BCUT2D eigenvalue weighted by Crippen LogP contribution is 2.22. The quantitative estimate of drug-likeness (QED) is 0.666. The van der Waals surface area contributed by atoms with E-state index >= 15 is 0 Å². The monoisotopic (exact) mass is 328 g/mol. The van der Waals surface area contributed by atoms with Gasteiger partial charge in [0.25, 0.3) is 10.1 Å². The standard InChI is InChI=1S/C16H12N2O4S/c19-15-9-7-11-6-8-13(23(20,21)22)10-14(11)16(15)18-17-12-4-2-1-3-5-12/h1-10,17H,(H,20,21,22)/b18-16-. The van der Waals surface area contributed by atoms with Crippen molar-refractivity contribution in [2.45, 2.75) is 4.90 Å². The molecule has 116 valence electrons. The summed E-state index contributed by atoms with van der Waals surface area (Å²) in [7, 11) is -4.36. The summed E-state index contributed by atoms with van der Waals surface area (Å²) < 4.78 is 31.7. The van der Waals surface area contributed by atoms with Gasteiger partial charge in [0.2, 0.25) is 5.78 Å². The van der Waals surface area contributed by atoms with E-state index in [0.717, 1.165) is 0 Å². The molecule has 0 aromatic heterocycles. The molecule has 3 rings (SSSR count). The van der Waals surface area contributed by atoms with Gasteiger partial charge in [-0.15, -0.1) is 0 Å². The molecule has 2 aromatic carbocycles. The smallest absolute Gasteiger partial charge is 0.287 e. The van der Waals surface area contributed by atoms with E-state index in [1.807, 2.05) is 18.2 Å². The molecule has 7 heteroatoms. The maximum absolute atomic E-state index is 12.1. The van der Waals surface area contributed by atoms with Gasteiger partial charge in [0, 0.05) is 5.56 Å². The second-order valence-corrected chi connectivity index (χ2v) is 6.28. The number of para-hydroxylation sites is 1. The van der Waals surface area contributed by atoms with Gasteiger partial charge in [-0.3, -0.25) is 14.8 Å². The van der Waals surface area contributed by atoms with Crippen molar-refractivity contribution in [2.24, 2.45) is 5.10 Å². The molecule has 0 heterocycles. The van der Waals surface area contributed by atoms with Crippen LogP contribution in [0.25, 0.3) is 6.08 Å². The maximum Gasteiger partial charge on any atom is 0.294 e. The number of allylic oxidation sites excluding steroid dienone is 1. The number of hydrazone groups is 1. The van der Waals surface area contributed by atoms with Gasteiger partial charge in [0.1, 0.15) is 5.71 Å². The van der Waals surface area contributed by atoms with Crippen LogP contribution in [0.5, 0.6) is 0 Å². The second-order valence-electron chi connectivity index (χ2n) is 4.86. The van der Waals surface area contributed by atoms with Gasteiger partial charge in [0.15, 0.2) is 0 Å². The van der Waals surface area contributed by atoms with E-state index in [-0.39, 0.29) is 16.4 Å². The minimum atomic E-state index is -4.36. The molecule has 2 aromatic rings. The fraction of sp³-hybridized carbons (Fsp3) is 0. The Kier molecular flexibility index (Phi) is 3.81. The van der Waals surface area contributed by atoms with E-state index in [0.29, 0.717) is 16.8 Å². The fourth-order valence-electron chi connectivity index (χ4n) is 2.17. The first-order chi connectivity index (χ1) is 10.9. The zero-order chi connectivity index (χ0) is 16.4. The zero-order valence-electron chi connectivity index (χ0n) is 11.8. The Labute approximate surface area is 132 Å². The minimum absolute atomic E-state index is 0.0804. The van der Waals surface area contributed by atoms with Crippen molar-refractivity contribution in [3.05, 3.63) is 65.7 Å². The van der Waals surface area contributed by atoms with Crippen molar-refractivity contribution < 1.29 is 17.8 Å². The molecule has 0 saturated heterocycles. The predicted molar refractivity (Wildman–Crippen MR) is 86.9 cm³/mol. The number of nitrogens with zero attached hydrogens (tertiary/aromatic N) is 1. The Morgan fingerprint density at radius 3 is 2.43 bits per heavy atom. The SMILES string of the molecule is O=C1C=Cc2ccc(S(=O)(=O)O)cc2/C1=N/Nc1ccccc1. The maximum atomic E-state index is 12.1. The third-order valence-electron chi connectivity index (χ3n) is 3.30. The number of carbonyl (C=O) groups is 1. The van der Waals surface area contributed by atoms with E-state index in [2.05, 4.69) is 10.5 Å². The second kappa shape index (κ2) is 5.79. The first-order valence-electron chi connectivity index (χ1n) is 6.68. The van der Waals surface area contributed by atoms with E-state index in [1.54, 1.807) is 18.2 Å². The van der Waals surface area contributed by atoms with Gasteiger partial charge in [-0.2, -0.15) is 13.5 Å². The lowest BCUT2D eigenvalue weighted by Crippen LogP contribution is -2.20. The Bertz CT molecular complexity index is 932. The average molecular weight is 328 g/mol. The molecule has 0 fully saturated rings. The molecule has 23 heavy (non-hydrogen) atoms. The number of rotatable bonds is 3. The van der Waals surface area contributed by atoms with Crippen molar-refractivity contribution in [3.63, 3.8) is 0 Å². The van der Waals surface area contributed by atoms with Gasteiger partial charge in [-0.05, 0) is 35.9 Å². The normalized spacial score (nSPS) is 15.5. The molecule has 0 spiro atoms. The van der Waals surface area contributed by atoms with Crippen LogP contribution in [-0.4, -0.2) is 24.5 Å². The number of carbonyl (C=O) groups excluding carboxylic acids is 1. The third-order valence-corrected chi connectivity index (χ3v) is 4.15. The molecular formula is C16H12N2O4S. The van der Waals surface area contributed by atoms with E-state index in [1.165, 1.54) is 24.3 Å². The summed E-state index contributed by atoms with van der Waals surface area (Å²) in [5.41, 5.74) is 4.52. The Morgan fingerprint density at radius 1 is 1.00 bits per heavy atom. The van der Waals surface area contributed by atoms with Crippen LogP contribution in [0.2, 0.25) is 0 Å². The highest BCUT2D eigenvalue weighted by molar-refractivity contribution is 7.85. The minimum Gasteiger partial charge on any atom is -0.287 e. The molecule has 6 nitrogen and oxygen atoms in total. The third kappa shape index (κ3) is 3.20. The van der Waals surface area contributed by atoms with Gasteiger partial charge in [-0.1, -0.05) is 30.3 Å². The van der Waals surface area contributed by atoms with Crippen LogP contribution < -0.4 is 5.43 Å². The molecule has 0 radical (unpaired) electrons. The highest BCUT2D eigenvalue weighted by Gasteiger charge is 2.22. The van der Waals surface area contributed by atoms with Crippen LogP contribution in [0.4, 0.5) is 5.69 Å².